The predicted molar refractivity (Wildman–Crippen MR) is 50.9 cm³/mol. The fourth-order valence-corrected chi connectivity index (χ4v) is 1.04. The Morgan fingerprint density at radius 3 is 2.62 bits per heavy atom. The lowest BCUT2D eigenvalue weighted by Crippen LogP contribution is -2.05. The molecule has 0 bridgehead atoms. The molecule has 0 fully saturated rings. The molecule has 0 saturated heterocycles. The fourth-order valence-electron chi connectivity index (χ4n) is 1.04. The van der Waals surface area contributed by atoms with Gasteiger partial charge in [0.05, 0.1) is 0 Å². The summed E-state index contributed by atoms with van der Waals surface area (Å²) in [7, 11) is 0. The van der Waals surface area contributed by atoms with E-state index in [-0.39, 0.29) is 5.91 Å². The first-order valence-corrected chi connectivity index (χ1v) is 3.85. The summed E-state index contributed by atoms with van der Waals surface area (Å²) >= 11 is 0. The van der Waals surface area contributed by atoms with Crippen molar-refractivity contribution in [2.45, 2.75) is 13.8 Å². The van der Waals surface area contributed by atoms with Gasteiger partial charge in [0.25, 0.3) is 0 Å². The van der Waals surface area contributed by atoms with Crippen molar-refractivity contribution in [2.24, 2.45) is 5.18 Å². The van der Waals surface area contributed by atoms with E-state index in [9.17, 15) is 9.70 Å². The van der Waals surface area contributed by atoms with Gasteiger partial charge in [-0.25, -0.2) is 0 Å². The molecule has 0 heterocycles. The van der Waals surface area contributed by atoms with Gasteiger partial charge in [-0.2, -0.15) is 0 Å². The molecule has 1 N–H and O–H groups in total. The standard InChI is InChI=1S/C9H10N2O2/c1-6-5-8(10-7(2)12)3-4-9(6)11-13/h3-5H,1-2H3,(H,10,12). The topological polar surface area (TPSA) is 58.5 Å². The van der Waals surface area contributed by atoms with Gasteiger partial charge in [-0.1, -0.05) is 0 Å². The number of hydrogen-bond acceptors (Lipinski definition) is 3. The summed E-state index contributed by atoms with van der Waals surface area (Å²) in [4.78, 5) is 20.9. The van der Waals surface area contributed by atoms with Crippen LogP contribution in [-0.4, -0.2) is 5.91 Å². The zero-order valence-corrected chi connectivity index (χ0v) is 7.50. The molecule has 0 aliphatic rings. The quantitative estimate of drug-likeness (QED) is 0.706. The number of rotatable bonds is 2. The molecule has 0 unspecified atom stereocenters. The zero-order chi connectivity index (χ0) is 9.84. The Morgan fingerprint density at radius 2 is 2.15 bits per heavy atom. The Bertz CT molecular complexity index is 347. The van der Waals surface area contributed by atoms with E-state index in [1.54, 1.807) is 25.1 Å². The highest BCUT2D eigenvalue weighted by atomic mass is 16.3. The smallest absolute Gasteiger partial charge is 0.221 e. The van der Waals surface area contributed by atoms with Gasteiger partial charge in [0.15, 0.2) is 0 Å². The van der Waals surface area contributed by atoms with Crippen LogP contribution in [0.5, 0.6) is 0 Å². The summed E-state index contributed by atoms with van der Waals surface area (Å²) in [5.74, 6) is -0.133. The van der Waals surface area contributed by atoms with E-state index < -0.39 is 0 Å². The van der Waals surface area contributed by atoms with Crippen molar-refractivity contribution in [1.82, 2.24) is 0 Å². The third kappa shape index (κ3) is 2.37. The first-order valence-electron chi connectivity index (χ1n) is 3.85. The van der Waals surface area contributed by atoms with Crippen LogP contribution in [0.2, 0.25) is 0 Å². The molecule has 1 aromatic rings. The largest absolute Gasteiger partial charge is 0.326 e. The number of amides is 1. The van der Waals surface area contributed by atoms with E-state index in [0.717, 1.165) is 5.56 Å². The van der Waals surface area contributed by atoms with E-state index in [2.05, 4.69) is 10.5 Å². The van der Waals surface area contributed by atoms with Crippen LogP contribution in [0.25, 0.3) is 0 Å². The average Bonchev–Trinajstić information content (AvgIpc) is 2.03. The van der Waals surface area contributed by atoms with Gasteiger partial charge in [-0.3, -0.25) is 4.79 Å². The van der Waals surface area contributed by atoms with Crippen molar-refractivity contribution >= 4 is 17.3 Å². The lowest BCUT2D eigenvalue weighted by atomic mass is 10.2. The number of carbonyl (C=O) groups excluding carboxylic acids is 1. The van der Waals surface area contributed by atoms with E-state index in [1.165, 1.54) is 6.92 Å². The summed E-state index contributed by atoms with van der Waals surface area (Å²) < 4.78 is 0. The monoisotopic (exact) mass is 178 g/mol. The van der Waals surface area contributed by atoms with Gasteiger partial charge in [-0.15, -0.1) is 4.91 Å². The molecule has 0 atom stereocenters. The number of hydrogen-bond donors (Lipinski definition) is 1. The summed E-state index contributed by atoms with van der Waals surface area (Å²) in [5.41, 5.74) is 1.83. The lowest BCUT2D eigenvalue weighted by Gasteiger charge is -2.03. The molecule has 4 heteroatoms. The molecule has 0 aliphatic carbocycles. The number of benzene rings is 1. The number of anilines is 1. The lowest BCUT2D eigenvalue weighted by molar-refractivity contribution is -0.114. The fraction of sp³-hybridized carbons (Fsp3) is 0.222. The summed E-state index contributed by atoms with van der Waals surface area (Å²) in [5, 5.41) is 5.44. The minimum absolute atomic E-state index is 0.133. The molecule has 1 amide bonds. The Hall–Kier alpha value is -1.71. The first kappa shape index (κ1) is 9.38. The van der Waals surface area contributed by atoms with Crippen LogP contribution < -0.4 is 5.32 Å². The number of nitroso groups, excluding NO2 is 1. The van der Waals surface area contributed by atoms with Gasteiger partial charge in [0, 0.05) is 12.6 Å². The van der Waals surface area contributed by atoms with Gasteiger partial charge in [-0.05, 0) is 35.9 Å². The molecule has 13 heavy (non-hydrogen) atoms. The molecule has 0 spiro atoms. The van der Waals surface area contributed by atoms with Crippen molar-refractivity contribution in [1.29, 1.82) is 0 Å². The van der Waals surface area contributed by atoms with Crippen molar-refractivity contribution in [2.75, 3.05) is 5.32 Å². The highest BCUT2D eigenvalue weighted by molar-refractivity contribution is 5.89. The summed E-state index contributed by atoms with van der Waals surface area (Å²) in [6.45, 7) is 3.20. The van der Waals surface area contributed by atoms with Crippen molar-refractivity contribution in [3.63, 3.8) is 0 Å². The predicted octanol–water partition coefficient (Wildman–Crippen LogP) is 2.35. The highest BCUT2D eigenvalue weighted by Crippen LogP contribution is 2.21. The van der Waals surface area contributed by atoms with E-state index in [4.69, 9.17) is 0 Å². The SMILES string of the molecule is CC(=O)Nc1ccc(N=O)c(C)c1. The van der Waals surface area contributed by atoms with Crippen LogP contribution in [0.1, 0.15) is 12.5 Å². The number of nitrogens with zero attached hydrogens (tertiary/aromatic N) is 1. The van der Waals surface area contributed by atoms with Gasteiger partial charge >= 0.3 is 0 Å². The molecular weight excluding hydrogens is 168 g/mol. The average molecular weight is 178 g/mol. The Balaban J connectivity index is 2.95. The van der Waals surface area contributed by atoms with Crippen LogP contribution in [-0.2, 0) is 4.79 Å². The number of aryl methyl sites for hydroxylation is 1. The second kappa shape index (κ2) is 3.80. The van der Waals surface area contributed by atoms with E-state index >= 15 is 0 Å². The normalized spacial score (nSPS) is 9.38. The van der Waals surface area contributed by atoms with Crippen molar-refractivity contribution in [3.8, 4) is 0 Å². The second-order valence-electron chi connectivity index (χ2n) is 2.77. The summed E-state index contributed by atoms with van der Waals surface area (Å²) in [6.07, 6.45) is 0. The van der Waals surface area contributed by atoms with Gasteiger partial charge < -0.3 is 5.32 Å². The second-order valence-corrected chi connectivity index (χ2v) is 2.77. The number of nitrogens with one attached hydrogen (secondary N) is 1. The maximum atomic E-state index is 10.7. The van der Waals surface area contributed by atoms with Crippen LogP contribution in [0, 0.1) is 11.8 Å². The van der Waals surface area contributed by atoms with Crippen molar-refractivity contribution in [3.05, 3.63) is 28.7 Å². The van der Waals surface area contributed by atoms with Crippen LogP contribution in [0.15, 0.2) is 23.4 Å². The van der Waals surface area contributed by atoms with E-state index in [0.29, 0.717) is 11.4 Å². The maximum absolute atomic E-state index is 10.7. The third-order valence-corrected chi connectivity index (χ3v) is 1.62. The minimum atomic E-state index is -0.133. The van der Waals surface area contributed by atoms with Gasteiger partial charge in [0.1, 0.15) is 5.69 Å². The van der Waals surface area contributed by atoms with Crippen LogP contribution >= 0.6 is 0 Å². The Kier molecular flexibility index (Phi) is 2.74. The Labute approximate surface area is 75.9 Å². The molecule has 0 radical (unpaired) electrons. The summed E-state index contributed by atoms with van der Waals surface area (Å²) in [6, 6.07) is 4.93. The van der Waals surface area contributed by atoms with Crippen LogP contribution in [0.4, 0.5) is 11.4 Å². The third-order valence-electron chi connectivity index (χ3n) is 1.62. The molecule has 0 saturated carbocycles. The van der Waals surface area contributed by atoms with E-state index in [1.807, 2.05) is 0 Å². The first-order chi connectivity index (χ1) is 6.13. The molecule has 0 aromatic heterocycles. The maximum Gasteiger partial charge on any atom is 0.221 e. The van der Waals surface area contributed by atoms with Gasteiger partial charge in [0.2, 0.25) is 5.91 Å². The zero-order valence-electron chi connectivity index (χ0n) is 7.50. The molecule has 68 valence electrons. The van der Waals surface area contributed by atoms with Crippen LogP contribution in [0.3, 0.4) is 0 Å². The molecule has 1 aromatic carbocycles. The number of carbonyl (C=O) groups is 1. The molecule has 0 aliphatic heterocycles. The minimum Gasteiger partial charge on any atom is -0.326 e. The van der Waals surface area contributed by atoms with Crippen molar-refractivity contribution < 1.29 is 4.79 Å². The highest BCUT2D eigenvalue weighted by Gasteiger charge is 2.00. The molecule has 4 nitrogen and oxygen atoms in total. The molecular formula is C9H10N2O2. The Morgan fingerprint density at radius 1 is 1.46 bits per heavy atom. The molecule has 1 rings (SSSR count).